The van der Waals surface area contributed by atoms with E-state index in [0.29, 0.717) is 12.8 Å². The molecule has 0 bridgehead atoms. The minimum absolute atomic E-state index is 0.172. The largest absolute Gasteiger partial charge is 0.462 e. The van der Waals surface area contributed by atoms with Crippen LogP contribution in [-0.4, -0.2) is 142 Å². The van der Waals surface area contributed by atoms with Crippen molar-refractivity contribution in [2.24, 2.45) is 0 Å². The van der Waals surface area contributed by atoms with E-state index in [9.17, 15) is 45.3 Å². The SMILES string of the molecule is CCCCCCCC/C=C/CCCCCCCCCCCCCC(=O)OC[C@@H](CO[C@@H]1O[C@H](CO[C@@H]2O[C@H](CO)[C@H](O)C(O)C2O)[C@H](O)C(O)C1O)OC(=O)CCCCCCCCCCCCCCCCCCC. The summed E-state index contributed by atoms with van der Waals surface area (Å²) >= 11 is 0. The number of aliphatic hydroxyl groups excluding tert-OH is 7. The molecule has 2 rings (SSSR count). The molecule has 11 atom stereocenters. The van der Waals surface area contributed by atoms with Crippen molar-refractivity contribution in [2.45, 2.75) is 325 Å². The minimum atomic E-state index is -1.76. The van der Waals surface area contributed by atoms with Gasteiger partial charge in [-0.25, -0.2) is 0 Å². The Labute approximate surface area is 448 Å². The Morgan fingerprint density at radius 2 is 0.770 bits per heavy atom. The molecule has 436 valence electrons. The average Bonchev–Trinajstić information content (AvgIpc) is 3.39. The lowest BCUT2D eigenvalue weighted by Gasteiger charge is -2.42. The van der Waals surface area contributed by atoms with E-state index in [-0.39, 0.29) is 26.1 Å². The van der Waals surface area contributed by atoms with Crippen molar-refractivity contribution in [3.8, 4) is 0 Å². The van der Waals surface area contributed by atoms with Crippen LogP contribution in [-0.2, 0) is 38.0 Å². The Kier molecular flexibility index (Phi) is 42.7. The van der Waals surface area contributed by atoms with E-state index in [0.717, 1.165) is 38.5 Å². The minimum Gasteiger partial charge on any atom is -0.462 e. The Morgan fingerprint density at radius 1 is 0.419 bits per heavy atom. The second kappa shape index (κ2) is 46.2. The molecule has 2 heterocycles. The number of allylic oxidation sites excluding steroid dienone is 2. The first kappa shape index (κ1) is 68.3. The van der Waals surface area contributed by atoms with Gasteiger partial charge in [-0.3, -0.25) is 9.59 Å². The average molecular weight is 1060 g/mol. The molecule has 0 aromatic heterocycles. The van der Waals surface area contributed by atoms with Crippen LogP contribution < -0.4 is 0 Å². The number of ether oxygens (including phenoxy) is 6. The highest BCUT2D eigenvalue weighted by Gasteiger charge is 2.47. The van der Waals surface area contributed by atoms with Crippen molar-refractivity contribution in [1.29, 1.82) is 0 Å². The van der Waals surface area contributed by atoms with Gasteiger partial charge in [0.1, 0.15) is 55.4 Å². The fourth-order valence-electron chi connectivity index (χ4n) is 9.80. The van der Waals surface area contributed by atoms with Crippen molar-refractivity contribution >= 4 is 11.9 Å². The predicted octanol–water partition coefficient (Wildman–Crippen LogP) is 10.5. The fraction of sp³-hybridized carbons (Fsp3) is 0.932. The van der Waals surface area contributed by atoms with Gasteiger partial charge in [-0.2, -0.15) is 0 Å². The number of carbonyl (C=O) groups excluding carboxylic acids is 2. The van der Waals surface area contributed by atoms with Gasteiger partial charge >= 0.3 is 11.9 Å². The van der Waals surface area contributed by atoms with Crippen molar-refractivity contribution < 1.29 is 73.8 Å². The molecular formula is C59H110O15. The number of rotatable bonds is 49. The number of hydrogen-bond acceptors (Lipinski definition) is 15. The third-order valence-electron chi connectivity index (χ3n) is 14.7. The molecule has 0 radical (unpaired) electrons. The highest BCUT2D eigenvalue weighted by atomic mass is 16.7. The topological polar surface area (TPSA) is 231 Å². The lowest BCUT2D eigenvalue weighted by molar-refractivity contribution is -0.332. The maximum Gasteiger partial charge on any atom is 0.306 e. The Bertz CT molecular complexity index is 1340. The van der Waals surface area contributed by atoms with Gasteiger partial charge < -0.3 is 64.2 Å². The first-order valence-electron chi connectivity index (χ1n) is 30.3. The number of hydrogen-bond donors (Lipinski definition) is 7. The molecule has 0 aliphatic carbocycles. The number of carbonyl (C=O) groups is 2. The second-order valence-corrected chi connectivity index (χ2v) is 21.5. The summed E-state index contributed by atoms with van der Waals surface area (Å²) in [6.45, 7) is 2.65. The number of esters is 2. The Morgan fingerprint density at radius 3 is 1.19 bits per heavy atom. The van der Waals surface area contributed by atoms with Crippen LogP contribution in [0.1, 0.15) is 258 Å². The van der Waals surface area contributed by atoms with Crippen LogP contribution in [0.25, 0.3) is 0 Å². The van der Waals surface area contributed by atoms with Crippen molar-refractivity contribution in [2.75, 3.05) is 26.4 Å². The third kappa shape index (κ3) is 32.9. The zero-order valence-electron chi connectivity index (χ0n) is 46.6. The van der Waals surface area contributed by atoms with E-state index in [4.69, 9.17) is 28.4 Å². The molecule has 7 N–H and O–H groups in total. The van der Waals surface area contributed by atoms with E-state index in [1.807, 2.05) is 0 Å². The Hall–Kier alpha value is -1.76. The maximum absolute atomic E-state index is 13.1. The van der Waals surface area contributed by atoms with Crippen LogP contribution in [0, 0.1) is 0 Å². The van der Waals surface area contributed by atoms with Gasteiger partial charge in [-0.05, 0) is 38.5 Å². The van der Waals surface area contributed by atoms with Crippen LogP contribution in [0.2, 0.25) is 0 Å². The zero-order chi connectivity index (χ0) is 53.9. The zero-order valence-corrected chi connectivity index (χ0v) is 46.6. The van der Waals surface area contributed by atoms with Crippen molar-refractivity contribution in [3.63, 3.8) is 0 Å². The number of unbranched alkanes of at least 4 members (excludes halogenated alkanes) is 33. The van der Waals surface area contributed by atoms with Gasteiger partial charge in [0.2, 0.25) is 0 Å². The van der Waals surface area contributed by atoms with Crippen LogP contribution in [0.15, 0.2) is 12.2 Å². The molecule has 0 aromatic rings. The first-order valence-corrected chi connectivity index (χ1v) is 30.3. The van der Waals surface area contributed by atoms with Crippen LogP contribution >= 0.6 is 0 Å². The highest BCUT2D eigenvalue weighted by Crippen LogP contribution is 2.27. The summed E-state index contributed by atoms with van der Waals surface area (Å²) in [4.78, 5) is 25.9. The molecule has 74 heavy (non-hydrogen) atoms. The standard InChI is InChI=1S/C59H110O15/c1-3-5-7-9-11-13-15-17-19-21-22-23-24-26-27-29-31-33-35-37-39-41-50(61)69-44-47(72-51(62)42-40-38-36-34-32-30-28-25-20-18-16-14-12-10-8-6-4-2)45-70-58-57(68)55(66)53(64)49(74-58)46-71-59-56(67)54(65)52(63)48(43-60)73-59/h17,19,47-49,52-60,63-68H,3-16,18,20-46H2,1-2H3/b19-17+/t47-,48+,49+,52-,53-,54?,55?,56?,57?,58+,59+/m0/s1. The first-order chi connectivity index (χ1) is 36.0. The van der Waals surface area contributed by atoms with E-state index in [2.05, 4.69) is 26.0 Å². The lowest BCUT2D eigenvalue weighted by Crippen LogP contribution is -2.61. The highest BCUT2D eigenvalue weighted by molar-refractivity contribution is 5.70. The summed E-state index contributed by atoms with van der Waals surface area (Å²) in [6, 6.07) is 0. The van der Waals surface area contributed by atoms with Gasteiger partial charge in [0, 0.05) is 12.8 Å². The van der Waals surface area contributed by atoms with Crippen LogP contribution in [0.3, 0.4) is 0 Å². The molecule has 0 amide bonds. The monoisotopic (exact) mass is 1060 g/mol. The summed E-state index contributed by atoms with van der Waals surface area (Å²) in [7, 11) is 0. The summed E-state index contributed by atoms with van der Waals surface area (Å²) in [5.41, 5.74) is 0. The lowest BCUT2D eigenvalue weighted by atomic mass is 9.98. The summed E-state index contributed by atoms with van der Waals surface area (Å²) in [6.07, 6.45) is 32.3. The molecule has 0 saturated carbocycles. The maximum atomic E-state index is 13.1. The summed E-state index contributed by atoms with van der Waals surface area (Å²) < 4.78 is 33.7. The van der Waals surface area contributed by atoms with E-state index in [1.165, 1.54) is 180 Å². The molecule has 15 heteroatoms. The molecule has 2 aliphatic rings. The van der Waals surface area contributed by atoms with Gasteiger partial charge in [0.05, 0.1) is 19.8 Å². The molecule has 0 spiro atoms. The van der Waals surface area contributed by atoms with Crippen LogP contribution in [0.4, 0.5) is 0 Å². The normalized spacial score (nSPS) is 24.7. The molecule has 2 fully saturated rings. The summed E-state index contributed by atoms with van der Waals surface area (Å²) in [5, 5.41) is 72.3. The fourth-order valence-corrected chi connectivity index (χ4v) is 9.80. The third-order valence-corrected chi connectivity index (χ3v) is 14.7. The van der Waals surface area contributed by atoms with Gasteiger partial charge in [0.25, 0.3) is 0 Å². The molecule has 15 nitrogen and oxygen atoms in total. The Balaban J connectivity index is 1.73. The van der Waals surface area contributed by atoms with Crippen molar-refractivity contribution in [3.05, 3.63) is 12.2 Å². The van der Waals surface area contributed by atoms with Gasteiger partial charge in [-0.1, -0.05) is 219 Å². The quantitative estimate of drug-likeness (QED) is 0.0171. The second-order valence-electron chi connectivity index (χ2n) is 21.5. The molecule has 4 unspecified atom stereocenters. The predicted molar refractivity (Wildman–Crippen MR) is 289 cm³/mol. The van der Waals surface area contributed by atoms with E-state index in [1.54, 1.807) is 0 Å². The summed E-state index contributed by atoms with van der Waals surface area (Å²) in [5.74, 6) is -0.908. The number of aliphatic hydroxyl groups is 7. The molecule has 2 aliphatic heterocycles. The van der Waals surface area contributed by atoms with Crippen molar-refractivity contribution in [1.82, 2.24) is 0 Å². The van der Waals surface area contributed by atoms with Crippen LogP contribution in [0.5, 0.6) is 0 Å². The van der Waals surface area contributed by atoms with Gasteiger partial charge in [0.15, 0.2) is 18.7 Å². The molecule has 2 saturated heterocycles. The molecule has 0 aromatic carbocycles. The molecular weight excluding hydrogens is 949 g/mol. The smallest absolute Gasteiger partial charge is 0.306 e. The van der Waals surface area contributed by atoms with E-state index < -0.39 is 92.7 Å². The van der Waals surface area contributed by atoms with E-state index >= 15 is 0 Å². The van der Waals surface area contributed by atoms with Gasteiger partial charge in [-0.15, -0.1) is 0 Å².